The molecule has 0 bridgehead atoms. The van der Waals surface area contributed by atoms with E-state index in [4.69, 9.17) is 18.9 Å². The number of aliphatic hydroxyl groups is 4. The fourth-order valence-electron chi connectivity index (χ4n) is 6.21. The standard InChI is InChI=1S/C43H76O10/c1-3-5-7-9-11-13-15-17-18-20-21-23-25-27-29-31-38(45)50-34-36(35-51-43-42(49)41(48)40(47)37(33-44)53-43)52-39(46)32-30-28-26-24-22-19-16-14-12-10-8-6-4-2/h14,16,25,27,29,31,36-37,40-44,47-49H,3-13,15,17-24,26,28,30,32-35H2,1-2H3/b16-14+,27-25+,31-29+/t36-,37-,40+,41?,42?,43-/m0/s1. The van der Waals surface area contributed by atoms with Gasteiger partial charge in [-0.05, 0) is 44.9 Å². The summed E-state index contributed by atoms with van der Waals surface area (Å²) in [7, 11) is 0. The first-order chi connectivity index (χ1) is 25.8. The molecule has 0 spiro atoms. The molecule has 1 rings (SSSR count). The van der Waals surface area contributed by atoms with E-state index in [0.29, 0.717) is 6.42 Å². The Morgan fingerprint density at radius 3 is 1.70 bits per heavy atom. The van der Waals surface area contributed by atoms with E-state index in [1.807, 2.05) is 12.2 Å². The number of ether oxygens (including phenoxy) is 4. The topological polar surface area (TPSA) is 152 Å². The van der Waals surface area contributed by atoms with E-state index in [0.717, 1.165) is 51.4 Å². The molecule has 0 amide bonds. The van der Waals surface area contributed by atoms with Crippen LogP contribution < -0.4 is 0 Å². The van der Waals surface area contributed by atoms with Crippen molar-refractivity contribution in [1.29, 1.82) is 0 Å². The lowest BCUT2D eigenvalue weighted by Crippen LogP contribution is -2.59. The molecular weight excluding hydrogens is 676 g/mol. The lowest BCUT2D eigenvalue weighted by atomic mass is 9.99. The Balaban J connectivity index is 2.42. The second-order valence-corrected chi connectivity index (χ2v) is 14.5. The Bertz CT molecular complexity index is 965. The van der Waals surface area contributed by atoms with Crippen molar-refractivity contribution >= 4 is 11.9 Å². The normalized spacial score (nSPS) is 21.2. The number of carbonyl (C=O) groups is 2. The summed E-state index contributed by atoms with van der Waals surface area (Å²) >= 11 is 0. The number of carbonyl (C=O) groups excluding carboxylic acids is 2. The Morgan fingerprint density at radius 2 is 1.13 bits per heavy atom. The zero-order valence-electron chi connectivity index (χ0n) is 33.3. The molecule has 308 valence electrons. The maximum absolute atomic E-state index is 12.7. The molecule has 0 aliphatic carbocycles. The molecule has 0 aromatic carbocycles. The van der Waals surface area contributed by atoms with Crippen molar-refractivity contribution in [2.45, 2.75) is 205 Å². The van der Waals surface area contributed by atoms with Crippen LogP contribution in [0.15, 0.2) is 36.5 Å². The molecule has 1 heterocycles. The summed E-state index contributed by atoms with van der Waals surface area (Å²) in [5.74, 6) is -1.07. The zero-order valence-corrected chi connectivity index (χ0v) is 33.3. The van der Waals surface area contributed by atoms with Gasteiger partial charge in [0.15, 0.2) is 12.4 Å². The summed E-state index contributed by atoms with van der Waals surface area (Å²) in [4.78, 5) is 25.1. The van der Waals surface area contributed by atoms with Crippen molar-refractivity contribution in [3.05, 3.63) is 36.5 Å². The Hall–Kier alpha value is -2.08. The van der Waals surface area contributed by atoms with E-state index in [1.165, 1.54) is 96.0 Å². The molecule has 53 heavy (non-hydrogen) atoms. The molecule has 1 saturated heterocycles. The van der Waals surface area contributed by atoms with Gasteiger partial charge in [0.05, 0.1) is 13.2 Å². The van der Waals surface area contributed by atoms with Crippen molar-refractivity contribution in [3.8, 4) is 0 Å². The highest BCUT2D eigenvalue weighted by molar-refractivity contribution is 5.82. The number of hydrogen-bond acceptors (Lipinski definition) is 10. The number of aliphatic hydroxyl groups excluding tert-OH is 4. The first kappa shape index (κ1) is 48.9. The van der Waals surface area contributed by atoms with Crippen LogP contribution in [-0.2, 0) is 28.5 Å². The van der Waals surface area contributed by atoms with Gasteiger partial charge in [-0.25, -0.2) is 4.79 Å². The second-order valence-electron chi connectivity index (χ2n) is 14.5. The van der Waals surface area contributed by atoms with Crippen LogP contribution in [0.5, 0.6) is 0 Å². The van der Waals surface area contributed by atoms with Crippen LogP contribution >= 0.6 is 0 Å². The maximum Gasteiger partial charge on any atom is 0.330 e. The number of unbranched alkanes of at least 4 members (excludes halogenated alkanes) is 20. The highest BCUT2D eigenvalue weighted by atomic mass is 16.7. The first-order valence-electron chi connectivity index (χ1n) is 21.1. The minimum Gasteiger partial charge on any atom is -0.458 e. The Labute approximate surface area is 321 Å². The quantitative estimate of drug-likeness (QED) is 0.0166. The lowest BCUT2D eigenvalue weighted by Gasteiger charge is -2.39. The van der Waals surface area contributed by atoms with E-state index in [2.05, 4.69) is 26.0 Å². The van der Waals surface area contributed by atoms with Crippen LogP contribution in [0.1, 0.15) is 168 Å². The fourth-order valence-corrected chi connectivity index (χ4v) is 6.21. The summed E-state index contributed by atoms with van der Waals surface area (Å²) in [5, 5.41) is 39.9. The van der Waals surface area contributed by atoms with E-state index in [-0.39, 0.29) is 19.6 Å². The SMILES string of the molecule is CCCCCC/C=C/CCCCCCCC(=O)O[C@@H](COC(=O)/C=C/C=C/CCCCCCCCCCCCC)CO[C@H]1O[C@@H](CO)[C@@H](O)C(O)C1O. The largest absolute Gasteiger partial charge is 0.458 e. The van der Waals surface area contributed by atoms with Gasteiger partial charge in [-0.3, -0.25) is 4.79 Å². The minimum absolute atomic E-state index is 0.200. The van der Waals surface area contributed by atoms with E-state index < -0.39 is 55.4 Å². The third-order valence-corrected chi connectivity index (χ3v) is 9.60. The highest BCUT2D eigenvalue weighted by Gasteiger charge is 2.44. The lowest BCUT2D eigenvalue weighted by molar-refractivity contribution is -0.305. The van der Waals surface area contributed by atoms with Crippen LogP contribution in [0.4, 0.5) is 0 Å². The molecule has 1 aliphatic heterocycles. The summed E-state index contributed by atoms with van der Waals surface area (Å²) in [6.07, 6.45) is 30.7. The van der Waals surface area contributed by atoms with E-state index in [9.17, 15) is 30.0 Å². The monoisotopic (exact) mass is 753 g/mol. The van der Waals surface area contributed by atoms with Gasteiger partial charge in [0, 0.05) is 12.5 Å². The van der Waals surface area contributed by atoms with Gasteiger partial charge in [0.25, 0.3) is 0 Å². The molecule has 6 atom stereocenters. The van der Waals surface area contributed by atoms with Gasteiger partial charge in [0.1, 0.15) is 31.0 Å². The van der Waals surface area contributed by atoms with Gasteiger partial charge in [0.2, 0.25) is 0 Å². The van der Waals surface area contributed by atoms with Gasteiger partial charge in [-0.1, -0.05) is 147 Å². The fraction of sp³-hybridized carbons (Fsp3) is 0.814. The molecule has 0 radical (unpaired) electrons. The highest BCUT2D eigenvalue weighted by Crippen LogP contribution is 2.22. The van der Waals surface area contributed by atoms with E-state index in [1.54, 1.807) is 6.08 Å². The molecule has 0 saturated carbocycles. The maximum atomic E-state index is 12.7. The summed E-state index contributed by atoms with van der Waals surface area (Å²) in [6, 6.07) is 0. The summed E-state index contributed by atoms with van der Waals surface area (Å²) < 4.78 is 21.9. The average molecular weight is 753 g/mol. The third-order valence-electron chi connectivity index (χ3n) is 9.60. The van der Waals surface area contributed by atoms with Gasteiger partial charge < -0.3 is 39.4 Å². The third kappa shape index (κ3) is 26.4. The smallest absolute Gasteiger partial charge is 0.330 e. The van der Waals surface area contributed by atoms with Crippen LogP contribution in [0, 0.1) is 0 Å². The predicted molar refractivity (Wildman–Crippen MR) is 210 cm³/mol. The van der Waals surface area contributed by atoms with Gasteiger partial charge >= 0.3 is 11.9 Å². The Morgan fingerprint density at radius 1 is 0.623 bits per heavy atom. The van der Waals surface area contributed by atoms with Crippen molar-refractivity contribution < 1.29 is 49.0 Å². The van der Waals surface area contributed by atoms with Gasteiger partial charge in [-0.15, -0.1) is 0 Å². The number of rotatable bonds is 34. The number of esters is 2. The van der Waals surface area contributed by atoms with Crippen LogP contribution in [0.3, 0.4) is 0 Å². The molecule has 0 aromatic heterocycles. The van der Waals surface area contributed by atoms with Crippen LogP contribution in [-0.4, -0.2) is 89.0 Å². The molecule has 10 heteroatoms. The molecular formula is C43H76O10. The van der Waals surface area contributed by atoms with E-state index >= 15 is 0 Å². The van der Waals surface area contributed by atoms with Crippen molar-refractivity contribution in [2.75, 3.05) is 19.8 Å². The van der Waals surface area contributed by atoms with Crippen molar-refractivity contribution in [2.24, 2.45) is 0 Å². The predicted octanol–water partition coefficient (Wildman–Crippen LogP) is 8.33. The molecule has 4 N–H and O–H groups in total. The van der Waals surface area contributed by atoms with Crippen LogP contribution in [0.2, 0.25) is 0 Å². The molecule has 2 unspecified atom stereocenters. The molecule has 0 aromatic rings. The molecule has 10 nitrogen and oxygen atoms in total. The number of hydrogen-bond donors (Lipinski definition) is 4. The Kier molecular flexibility index (Phi) is 31.8. The van der Waals surface area contributed by atoms with Crippen molar-refractivity contribution in [1.82, 2.24) is 0 Å². The second kappa shape index (κ2) is 34.4. The van der Waals surface area contributed by atoms with Crippen molar-refractivity contribution in [3.63, 3.8) is 0 Å². The number of allylic oxidation sites excluding steroid dienone is 5. The molecule has 1 aliphatic rings. The van der Waals surface area contributed by atoms with Gasteiger partial charge in [-0.2, -0.15) is 0 Å². The average Bonchev–Trinajstić information content (AvgIpc) is 3.15. The zero-order chi connectivity index (χ0) is 38.8. The minimum atomic E-state index is -1.61. The molecule has 1 fully saturated rings. The summed E-state index contributed by atoms with van der Waals surface area (Å²) in [5.41, 5.74) is 0. The summed E-state index contributed by atoms with van der Waals surface area (Å²) in [6.45, 7) is 3.27. The first-order valence-corrected chi connectivity index (χ1v) is 21.1. The van der Waals surface area contributed by atoms with Crippen LogP contribution in [0.25, 0.3) is 0 Å².